The number of aliphatic hydroxyl groups excluding tert-OH is 1. The minimum atomic E-state index is 0.261. The molecule has 0 aromatic rings. The zero-order valence-electron chi connectivity index (χ0n) is 14.1. The molecule has 1 rings (SSSR count). The zero-order valence-corrected chi connectivity index (χ0v) is 14.1. The van der Waals surface area contributed by atoms with Gasteiger partial charge in [0.2, 0.25) is 0 Å². The van der Waals surface area contributed by atoms with Gasteiger partial charge < -0.3 is 19.9 Å². The Morgan fingerprint density at radius 1 is 0.857 bits per heavy atom. The molecule has 0 amide bonds. The van der Waals surface area contributed by atoms with Crippen LogP contribution in [0.5, 0.6) is 0 Å². The summed E-state index contributed by atoms with van der Waals surface area (Å²) >= 11 is 0. The van der Waals surface area contributed by atoms with E-state index in [1.54, 1.807) is 0 Å². The van der Waals surface area contributed by atoms with Gasteiger partial charge in [0.25, 0.3) is 0 Å². The van der Waals surface area contributed by atoms with Crippen LogP contribution in [-0.2, 0) is 9.47 Å². The molecule has 6 nitrogen and oxygen atoms in total. The molecular formula is C15H35N3O3. The number of aliphatic hydroxyl groups is 1. The lowest BCUT2D eigenvalue weighted by atomic mass is 10.3. The standard InChI is InChI=1S/C13H29N3O3.C2H6/c1-14-2-10-18-12-13-19-11-8-16-5-3-15(4-6-16)7-9-17;1-2/h14,17H,2-13H2,1H3;1-2H3. The highest BCUT2D eigenvalue weighted by molar-refractivity contribution is 4.71. The molecule has 1 aliphatic rings. The summed E-state index contributed by atoms with van der Waals surface area (Å²) in [5.74, 6) is 0. The van der Waals surface area contributed by atoms with Crippen LogP contribution in [0, 0.1) is 0 Å². The number of piperazine rings is 1. The van der Waals surface area contributed by atoms with Crippen molar-refractivity contribution in [3.63, 3.8) is 0 Å². The Kier molecular flexibility index (Phi) is 16.0. The molecule has 0 radical (unpaired) electrons. The lowest BCUT2D eigenvalue weighted by Gasteiger charge is -2.34. The zero-order chi connectivity index (χ0) is 15.8. The first kappa shape index (κ1) is 20.8. The molecule has 0 unspecified atom stereocenters. The molecule has 0 aliphatic carbocycles. The monoisotopic (exact) mass is 305 g/mol. The fourth-order valence-corrected chi connectivity index (χ4v) is 2.07. The Balaban J connectivity index is 0.00000191. The Labute approximate surface area is 130 Å². The molecule has 2 N–H and O–H groups in total. The van der Waals surface area contributed by atoms with Gasteiger partial charge in [-0.3, -0.25) is 9.80 Å². The fourth-order valence-electron chi connectivity index (χ4n) is 2.07. The summed E-state index contributed by atoms with van der Waals surface area (Å²) in [6.45, 7) is 14.0. The minimum Gasteiger partial charge on any atom is -0.395 e. The van der Waals surface area contributed by atoms with E-state index in [2.05, 4.69) is 15.1 Å². The summed E-state index contributed by atoms with van der Waals surface area (Å²) < 4.78 is 10.9. The summed E-state index contributed by atoms with van der Waals surface area (Å²) in [5, 5.41) is 11.9. The molecule has 6 heteroatoms. The first-order valence-electron chi connectivity index (χ1n) is 8.22. The molecule has 0 bridgehead atoms. The Bertz CT molecular complexity index is 201. The van der Waals surface area contributed by atoms with Crippen LogP contribution in [0.1, 0.15) is 13.8 Å². The first-order chi connectivity index (χ1) is 10.4. The van der Waals surface area contributed by atoms with E-state index in [-0.39, 0.29) is 6.61 Å². The smallest absolute Gasteiger partial charge is 0.0701 e. The Morgan fingerprint density at radius 2 is 1.38 bits per heavy atom. The number of hydrogen-bond acceptors (Lipinski definition) is 6. The lowest BCUT2D eigenvalue weighted by molar-refractivity contribution is 0.0316. The van der Waals surface area contributed by atoms with E-state index in [0.717, 1.165) is 59.0 Å². The van der Waals surface area contributed by atoms with Crippen LogP contribution in [0.3, 0.4) is 0 Å². The predicted octanol–water partition coefficient (Wildman–Crippen LogP) is -0.125. The third-order valence-corrected chi connectivity index (χ3v) is 3.30. The minimum absolute atomic E-state index is 0.261. The van der Waals surface area contributed by atoms with Crippen molar-refractivity contribution in [1.29, 1.82) is 0 Å². The largest absolute Gasteiger partial charge is 0.395 e. The van der Waals surface area contributed by atoms with Gasteiger partial charge in [-0.05, 0) is 7.05 Å². The van der Waals surface area contributed by atoms with Gasteiger partial charge in [0.15, 0.2) is 0 Å². The molecule has 0 atom stereocenters. The molecule has 1 heterocycles. The van der Waals surface area contributed by atoms with Gasteiger partial charge in [-0.25, -0.2) is 0 Å². The van der Waals surface area contributed by atoms with Crippen LogP contribution in [0.15, 0.2) is 0 Å². The van der Waals surface area contributed by atoms with E-state index in [1.807, 2.05) is 20.9 Å². The van der Waals surface area contributed by atoms with Gasteiger partial charge in [0, 0.05) is 45.8 Å². The molecule has 0 aromatic carbocycles. The molecule has 0 saturated carbocycles. The van der Waals surface area contributed by atoms with Crippen LogP contribution in [0.4, 0.5) is 0 Å². The van der Waals surface area contributed by atoms with E-state index in [1.165, 1.54) is 0 Å². The normalized spacial score (nSPS) is 16.6. The third kappa shape index (κ3) is 12.0. The van der Waals surface area contributed by atoms with Crippen molar-refractivity contribution in [2.24, 2.45) is 0 Å². The number of β-amino-alcohol motifs (C(OH)–C–C–N with tert-alkyl or cyclic N) is 1. The second-order valence-corrected chi connectivity index (χ2v) is 4.74. The quantitative estimate of drug-likeness (QED) is 0.519. The van der Waals surface area contributed by atoms with Crippen LogP contribution < -0.4 is 5.32 Å². The molecule has 21 heavy (non-hydrogen) atoms. The molecule has 0 spiro atoms. The molecule has 128 valence electrons. The Hall–Kier alpha value is -0.240. The Morgan fingerprint density at radius 3 is 1.90 bits per heavy atom. The second-order valence-electron chi connectivity index (χ2n) is 4.74. The van der Waals surface area contributed by atoms with Crippen LogP contribution in [0.2, 0.25) is 0 Å². The maximum Gasteiger partial charge on any atom is 0.0701 e. The van der Waals surface area contributed by atoms with E-state index in [9.17, 15) is 0 Å². The van der Waals surface area contributed by atoms with Gasteiger partial charge in [-0.15, -0.1) is 0 Å². The van der Waals surface area contributed by atoms with Gasteiger partial charge in [0.05, 0.1) is 33.0 Å². The molecule has 1 aliphatic heterocycles. The van der Waals surface area contributed by atoms with Gasteiger partial charge in [0.1, 0.15) is 0 Å². The fraction of sp³-hybridized carbons (Fsp3) is 1.00. The number of nitrogens with zero attached hydrogens (tertiary/aromatic N) is 2. The topological polar surface area (TPSA) is 57.2 Å². The lowest BCUT2D eigenvalue weighted by Crippen LogP contribution is -2.47. The van der Waals surface area contributed by atoms with E-state index in [4.69, 9.17) is 14.6 Å². The number of ether oxygens (including phenoxy) is 2. The van der Waals surface area contributed by atoms with Gasteiger partial charge in [-0.2, -0.15) is 0 Å². The number of hydrogen-bond donors (Lipinski definition) is 2. The van der Waals surface area contributed by atoms with Gasteiger partial charge in [-0.1, -0.05) is 13.8 Å². The molecule has 0 aromatic heterocycles. The third-order valence-electron chi connectivity index (χ3n) is 3.30. The van der Waals surface area contributed by atoms with Gasteiger partial charge >= 0.3 is 0 Å². The van der Waals surface area contributed by atoms with Crippen LogP contribution in [-0.4, -0.2) is 101 Å². The summed E-state index contributed by atoms with van der Waals surface area (Å²) in [4.78, 5) is 4.71. The maximum absolute atomic E-state index is 8.87. The average Bonchev–Trinajstić information content (AvgIpc) is 2.54. The van der Waals surface area contributed by atoms with Crippen molar-refractivity contribution >= 4 is 0 Å². The van der Waals surface area contributed by atoms with Crippen LogP contribution in [0.25, 0.3) is 0 Å². The molecular weight excluding hydrogens is 270 g/mol. The van der Waals surface area contributed by atoms with Crippen LogP contribution >= 0.6 is 0 Å². The number of nitrogens with one attached hydrogen (secondary N) is 1. The highest BCUT2D eigenvalue weighted by Crippen LogP contribution is 2.00. The first-order valence-corrected chi connectivity index (χ1v) is 8.22. The second kappa shape index (κ2) is 16.1. The molecule has 1 saturated heterocycles. The number of likely N-dealkylation sites (N-methyl/N-ethyl adjacent to an activating group) is 1. The summed E-state index contributed by atoms with van der Waals surface area (Å²) in [6.07, 6.45) is 0. The maximum atomic E-state index is 8.87. The summed E-state index contributed by atoms with van der Waals surface area (Å²) in [6, 6.07) is 0. The predicted molar refractivity (Wildman–Crippen MR) is 86.9 cm³/mol. The van der Waals surface area contributed by atoms with Crippen molar-refractivity contribution in [3.05, 3.63) is 0 Å². The molecule has 1 fully saturated rings. The number of rotatable bonds is 11. The van der Waals surface area contributed by atoms with Crippen molar-refractivity contribution in [3.8, 4) is 0 Å². The summed E-state index contributed by atoms with van der Waals surface area (Å²) in [7, 11) is 1.92. The summed E-state index contributed by atoms with van der Waals surface area (Å²) in [5.41, 5.74) is 0. The SMILES string of the molecule is CC.CNCCOCCOCCN1CCN(CCO)CC1. The van der Waals surface area contributed by atoms with E-state index >= 15 is 0 Å². The highest BCUT2D eigenvalue weighted by atomic mass is 16.5. The van der Waals surface area contributed by atoms with Crippen molar-refractivity contribution in [1.82, 2.24) is 15.1 Å². The van der Waals surface area contributed by atoms with Crippen molar-refractivity contribution in [2.75, 3.05) is 85.9 Å². The van der Waals surface area contributed by atoms with Crippen molar-refractivity contribution < 1.29 is 14.6 Å². The van der Waals surface area contributed by atoms with E-state index in [0.29, 0.717) is 13.2 Å². The highest BCUT2D eigenvalue weighted by Gasteiger charge is 2.15. The van der Waals surface area contributed by atoms with Crippen molar-refractivity contribution in [2.45, 2.75) is 13.8 Å². The average molecular weight is 305 g/mol. The van der Waals surface area contributed by atoms with E-state index < -0.39 is 0 Å².